The quantitative estimate of drug-likeness (QED) is 0.776. The minimum atomic E-state index is -1.45. The maximum absolute atomic E-state index is 12.8. The van der Waals surface area contributed by atoms with Crippen LogP contribution in [0.3, 0.4) is 0 Å². The van der Waals surface area contributed by atoms with E-state index in [-0.39, 0.29) is 47.3 Å². The molecule has 8 atom stereocenters. The van der Waals surface area contributed by atoms with Gasteiger partial charge in [0.1, 0.15) is 12.2 Å². The van der Waals surface area contributed by atoms with E-state index in [1.807, 2.05) is 13.0 Å². The van der Waals surface area contributed by atoms with E-state index in [0.717, 1.165) is 18.4 Å². The molecule has 0 unspecified atom stereocenters. The summed E-state index contributed by atoms with van der Waals surface area (Å²) in [6, 6.07) is 0. The SMILES string of the molecule is COCC(=O)[C@@]1(O)CC[C@H]2[C@@H]3C[C@H](C)C4=CC(=O)C=C[C@]4(C)[C@H]3[C@@H](O)C[C@@]21C. The van der Waals surface area contributed by atoms with E-state index in [2.05, 4.69) is 13.8 Å². The molecule has 154 valence electrons. The third kappa shape index (κ3) is 2.42. The van der Waals surface area contributed by atoms with Gasteiger partial charge >= 0.3 is 0 Å². The van der Waals surface area contributed by atoms with E-state index in [1.54, 1.807) is 12.2 Å². The third-order valence-electron chi connectivity index (χ3n) is 8.71. The Bertz CT molecular complexity index is 769. The lowest BCUT2D eigenvalue weighted by atomic mass is 9.45. The second-order valence-corrected chi connectivity index (χ2v) is 10.00. The molecule has 5 nitrogen and oxygen atoms in total. The third-order valence-corrected chi connectivity index (χ3v) is 8.71. The van der Waals surface area contributed by atoms with Gasteiger partial charge in [-0.25, -0.2) is 0 Å². The van der Waals surface area contributed by atoms with E-state index in [0.29, 0.717) is 12.8 Å². The Morgan fingerprint density at radius 1 is 1.36 bits per heavy atom. The van der Waals surface area contributed by atoms with Gasteiger partial charge in [-0.05, 0) is 55.6 Å². The van der Waals surface area contributed by atoms with Gasteiger partial charge in [-0.15, -0.1) is 0 Å². The molecule has 28 heavy (non-hydrogen) atoms. The average Bonchev–Trinajstić information content (AvgIpc) is 2.89. The van der Waals surface area contributed by atoms with Crippen molar-refractivity contribution in [1.82, 2.24) is 0 Å². The molecule has 3 fully saturated rings. The molecule has 3 saturated carbocycles. The van der Waals surface area contributed by atoms with Crippen molar-refractivity contribution in [3.05, 3.63) is 23.8 Å². The Morgan fingerprint density at radius 3 is 2.75 bits per heavy atom. The first-order valence-corrected chi connectivity index (χ1v) is 10.5. The summed E-state index contributed by atoms with van der Waals surface area (Å²) in [5, 5.41) is 22.8. The van der Waals surface area contributed by atoms with Crippen LogP contribution in [0.2, 0.25) is 0 Å². The Hall–Kier alpha value is -1.30. The Labute approximate surface area is 166 Å². The zero-order valence-corrected chi connectivity index (χ0v) is 17.3. The van der Waals surface area contributed by atoms with Crippen LogP contribution in [0.4, 0.5) is 0 Å². The van der Waals surface area contributed by atoms with Crippen LogP contribution < -0.4 is 0 Å². The molecule has 0 aromatic heterocycles. The van der Waals surface area contributed by atoms with Crippen LogP contribution in [0.5, 0.6) is 0 Å². The van der Waals surface area contributed by atoms with Gasteiger partial charge in [0, 0.05) is 23.9 Å². The highest BCUT2D eigenvalue weighted by atomic mass is 16.5. The maximum atomic E-state index is 12.8. The standard InChI is InChI=1S/C23H32O5/c1-13-9-15-16-6-8-23(27,19(26)12-28-4)22(16,3)11-18(25)20(15)21(2)7-5-14(24)10-17(13)21/h5,7,10,13,15-16,18,20,25,27H,6,8-9,11-12H2,1-4H3/t13-,15-,16-,18-,20+,21-,22-,23-/m0/s1. The molecule has 0 spiro atoms. The minimum Gasteiger partial charge on any atom is -0.393 e. The number of carbonyl (C=O) groups is 2. The molecule has 0 radical (unpaired) electrons. The lowest BCUT2D eigenvalue weighted by molar-refractivity contribution is -0.180. The first kappa shape index (κ1) is 20.0. The number of hydrogen-bond acceptors (Lipinski definition) is 5. The normalized spacial score (nSPS) is 49.9. The molecule has 0 saturated heterocycles. The van der Waals surface area contributed by atoms with Gasteiger partial charge in [0.2, 0.25) is 0 Å². The number of rotatable bonds is 3. The van der Waals surface area contributed by atoms with Crippen LogP contribution in [-0.4, -0.2) is 47.2 Å². The Kier molecular flexibility index (Phi) is 4.53. The van der Waals surface area contributed by atoms with E-state index in [1.165, 1.54) is 7.11 Å². The number of hydrogen-bond donors (Lipinski definition) is 2. The van der Waals surface area contributed by atoms with Crippen molar-refractivity contribution in [3.63, 3.8) is 0 Å². The van der Waals surface area contributed by atoms with E-state index in [9.17, 15) is 19.8 Å². The van der Waals surface area contributed by atoms with Gasteiger partial charge in [0.25, 0.3) is 0 Å². The van der Waals surface area contributed by atoms with Crippen molar-refractivity contribution in [1.29, 1.82) is 0 Å². The Morgan fingerprint density at radius 2 is 2.07 bits per heavy atom. The van der Waals surface area contributed by atoms with Gasteiger partial charge in [-0.1, -0.05) is 32.4 Å². The van der Waals surface area contributed by atoms with Gasteiger partial charge in [-0.3, -0.25) is 9.59 Å². The highest BCUT2D eigenvalue weighted by Gasteiger charge is 2.68. The molecule has 0 amide bonds. The summed E-state index contributed by atoms with van der Waals surface area (Å²) in [5.74, 6) is 0.347. The summed E-state index contributed by atoms with van der Waals surface area (Å²) in [4.78, 5) is 24.8. The zero-order valence-electron chi connectivity index (χ0n) is 17.3. The van der Waals surface area contributed by atoms with E-state index >= 15 is 0 Å². The van der Waals surface area contributed by atoms with Crippen LogP contribution >= 0.6 is 0 Å². The molecule has 0 bridgehead atoms. The van der Waals surface area contributed by atoms with Crippen molar-refractivity contribution in [2.24, 2.45) is 34.5 Å². The molecule has 4 aliphatic carbocycles. The van der Waals surface area contributed by atoms with Gasteiger partial charge < -0.3 is 14.9 Å². The molecule has 0 heterocycles. The second kappa shape index (κ2) is 6.35. The fraction of sp³-hybridized carbons (Fsp3) is 0.739. The fourth-order valence-corrected chi connectivity index (χ4v) is 7.46. The molecule has 4 rings (SSSR count). The number of aliphatic hydroxyl groups is 2. The number of aliphatic hydroxyl groups excluding tert-OH is 1. The zero-order chi connectivity index (χ0) is 20.5. The molecule has 0 aliphatic heterocycles. The predicted octanol–water partition coefficient (Wildman–Crippen LogP) is 2.46. The molecule has 2 N–H and O–H groups in total. The first-order chi connectivity index (χ1) is 13.1. The van der Waals surface area contributed by atoms with Crippen LogP contribution in [-0.2, 0) is 14.3 Å². The largest absolute Gasteiger partial charge is 0.393 e. The highest BCUT2D eigenvalue weighted by molar-refractivity contribution is 6.01. The first-order valence-electron chi connectivity index (χ1n) is 10.5. The lowest BCUT2D eigenvalue weighted by Crippen LogP contribution is -2.62. The van der Waals surface area contributed by atoms with Crippen LogP contribution in [0.1, 0.15) is 46.5 Å². The molecule has 0 aromatic rings. The summed E-state index contributed by atoms with van der Waals surface area (Å²) >= 11 is 0. The smallest absolute Gasteiger partial charge is 0.190 e. The molecular weight excluding hydrogens is 356 g/mol. The number of methoxy groups -OCH3 is 1. The number of carbonyl (C=O) groups excluding carboxylic acids is 2. The maximum Gasteiger partial charge on any atom is 0.190 e. The van der Waals surface area contributed by atoms with Crippen molar-refractivity contribution in [2.75, 3.05) is 13.7 Å². The van der Waals surface area contributed by atoms with Crippen molar-refractivity contribution in [3.8, 4) is 0 Å². The van der Waals surface area contributed by atoms with E-state index < -0.39 is 17.1 Å². The molecule has 0 aromatic carbocycles. The fourth-order valence-electron chi connectivity index (χ4n) is 7.46. The summed E-state index contributed by atoms with van der Waals surface area (Å²) in [6.45, 7) is 6.17. The van der Waals surface area contributed by atoms with Crippen molar-refractivity contribution in [2.45, 2.75) is 58.2 Å². The van der Waals surface area contributed by atoms with Gasteiger partial charge in [0.05, 0.1) is 6.10 Å². The van der Waals surface area contributed by atoms with Crippen LogP contribution in [0, 0.1) is 34.5 Å². The number of allylic oxidation sites excluding steroid dienone is 4. The van der Waals surface area contributed by atoms with Gasteiger partial charge in [-0.2, -0.15) is 0 Å². The average molecular weight is 389 g/mol. The van der Waals surface area contributed by atoms with Crippen molar-refractivity contribution < 1.29 is 24.5 Å². The lowest BCUT2D eigenvalue weighted by Gasteiger charge is -2.60. The monoisotopic (exact) mass is 388 g/mol. The van der Waals surface area contributed by atoms with Gasteiger partial charge in [0.15, 0.2) is 11.6 Å². The van der Waals surface area contributed by atoms with E-state index in [4.69, 9.17) is 4.74 Å². The number of fused-ring (bicyclic) bond motifs is 5. The van der Waals surface area contributed by atoms with Crippen molar-refractivity contribution >= 4 is 11.6 Å². The summed E-state index contributed by atoms with van der Waals surface area (Å²) in [7, 11) is 1.47. The topological polar surface area (TPSA) is 83.8 Å². The minimum absolute atomic E-state index is 0.00254. The summed E-state index contributed by atoms with van der Waals surface area (Å²) in [5.41, 5.74) is -1.34. The summed E-state index contributed by atoms with van der Waals surface area (Å²) in [6.07, 6.45) is 7.21. The molecular formula is C23H32O5. The highest BCUT2D eigenvalue weighted by Crippen LogP contribution is 2.67. The Balaban J connectivity index is 1.75. The number of Topliss-reactive ketones (excluding diaryl/α,β-unsaturated/α-hetero) is 1. The summed E-state index contributed by atoms with van der Waals surface area (Å²) < 4.78 is 5.03. The molecule has 4 aliphatic rings. The second-order valence-electron chi connectivity index (χ2n) is 10.00. The molecule has 5 heteroatoms. The number of ether oxygens (including phenoxy) is 1. The van der Waals surface area contributed by atoms with Crippen LogP contribution in [0.15, 0.2) is 23.8 Å². The van der Waals surface area contributed by atoms with Crippen LogP contribution in [0.25, 0.3) is 0 Å². The predicted molar refractivity (Wildman–Crippen MR) is 104 cm³/mol. The number of ketones is 2.